The average Bonchev–Trinajstić information content (AvgIpc) is 2.32. The van der Waals surface area contributed by atoms with Crippen molar-refractivity contribution in [3.8, 4) is 0 Å². The molecule has 1 aromatic heterocycles. The smallest absolute Gasteiger partial charge is 0.273 e. The van der Waals surface area contributed by atoms with Gasteiger partial charge in [0.15, 0.2) is 11.5 Å². The van der Waals surface area contributed by atoms with Gasteiger partial charge in [0.25, 0.3) is 5.91 Å². The van der Waals surface area contributed by atoms with E-state index < -0.39 is 0 Å². The molecule has 0 bridgehead atoms. The lowest BCUT2D eigenvalue weighted by atomic mass is 10.1. The Morgan fingerprint density at radius 3 is 2.71 bits per heavy atom. The molecule has 1 amide bonds. The van der Waals surface area contributed by atoms with Crippen LogP contribution >= 0.6 is 0 Å². The maximum Gasteiger partial charge on any atom is 0.273 e. The van der Waals surface area contributed by atoms with Crippen molar-refractivity contribution in [2.75, 3.05) is 25.9 Å². The number of hydrogen-bond donors (Lipinski definition) is 2. The summed E-state index contributed by atoms with van der Waals surface area (Å²) in [5.41, 5.74) is 5.82. The van der Waals surface area contributed by atoms with Gasteiger partial charge in [0, 0.05) is 18.4 Å². The molecule has 1 fully saturated rings. The summed E-state index contributed by atoms with van der Waals surface area (Å²) in [5, 5.41) is 2.95. The number of anilines is 1. The second-order valence-corrected chi connectivity index (χ2v) is 4.34. The molecule has 2 rings (SSSR count). The average molecular weight is 235 g/mol. The second-order valence-electron chi connectivity index (χ2n) is 4.34. The number of carbonyl (C=O) groups excluding carboxylic acids is 1. The van der Waals surface area contributed by atoms with Crippen molar-refractivity contribution >= 4 is 11.7 Å². The van der Waals surface area contributed by atoms with Gasteiger partial charge in [-0.05, 0) is 33.0 Å². The highest BCUT2D eigenvalue weighted by atomic mass is 16.2. The van der Waals surface area contributed by atoms with E-state index in [-0.39, 0.29) is 23.5 Å². The third-order valence-corrected chi connectivity index (χ3v) is 3.00. The third-order valence-electron chi connectivity index (χ3n) is 3.00. The van der Waals surface area contributed by atoms with Gasteiger partial charge in [-0.1, -0.05) is 0 Å². The minimum absolute atomic E-state index is 0.179. The summed E-state index contributed by atoms with van der Waals surface area (Å²) in [7, 11) is 2.08. The topological polar surface area (TPSA) is 84.1 Å². The van der Waals surface area contributed by atoms with Crippen LogP contribution in [0.2, 0.25) is 0 Å². The first-order chi connectivity index (χ1) is 8.16. The Balaban J connectivity index is 1.96. The number of amides is 1. The molecular weight excluding hydrogens is 218 g/mol. The largest absolute Gasteiger partial charge is 0.382 e. The molecule has 1 saturated heterocycles. The lowest BCUT2D eigenvalue weighted by Crippen LogP contribution is -2.43. The summed E-state index contributed by atoms with van der Waals surface area (Å²) in [6.07, 6.45) is 4.87. The number of hydrogen-bond acceptors (Lipinski definition) is 5. The molecule has 1 aliphatic rings. The van der Waals surface area contributed by atoms with E-state index in [1.807, 2.05) is 0 Å². The van der Waals surface area contributed by atoms with Crippen molar-refractivity contribution < 1.29 is 4.79 Å². The van der Waals surface area contributed by atoms with Crippen LogP contribution in [0.5, 0.6) is 0 Å². The van der Waals surface area contributed by atoms with Crippen LogP contribution in [0.3, 0.4) is 0 Å². The highest BCUT2D eigenvalue weighted by Crippen LogP contribution is 2.10. The van der Waals surface area contributed by atoms with Crippen LogP contribution in [0.4, 0.5) is 5.82 Å². The van der Waals surface area contributed by atoms with Gasteiger partial charge < -0.3 is 16.0 Å². The molecule has 1 aliphatic heterocycles. The van der Waals surface area contributed by atoms with Crippen molar-refractivity contribution in [1.82, 2.24) is 20.2 Å². The lowest BCUT2D eigenvalue weighted by Gasteiger charge is -2.29. The second kappa shape index (κ2) is 5.09. The Morgan fingerprint density at radius 1 is 1.41 bits per heavy atom. The monoisotopic (exact) mass is 235 g/mol. The van der Waals surface area contributed by atoms with Gasteiger partial charge in [-0.3, -0.25) is 4.79 Å². The summed E-state index contributed by atoms with van der Waals surface area (Å²) in [4.78, 5) is 22.0. The molecule has 0 saturated carbocycles. The number of nitrogens with zero attached hydrogens (tertiary/aromatic N) is 3. The molecule has 3 N–H and O–H groups in total. The number of rotatable bonds is 2. The normalized spacial score (nSPS) is 17.9. The maximum atomic E-state index is 11.9. The molecule has 6 heteroatoms. The van der Waals surface area contributed by atoms with Crippen molar-refractivity contribution in [3.05, 3.63) is 18.1 Å². The van der Waals surface area contributed by atoms with E-state index in [4.69, 9.17) is 5.73 Å². The number of piperidine rings is 1. The van der Waals surface area contributed by atoms with Gasteiger partial charge in [-0.2, -0.15) is 0 Å². The maximum absolute atomic E-state index is 11.9. The van der Waals surface area contributed by atoms with Crippen LogP contribution in [0, 0.1) is 0 Å². The molecule has 6 nitrogen and oxygen atoms in total. The SMILES string of the molecule is CN1CCC(NC(=O)c2nccnc2N)CC1. The molecule has 0 spiro atoms. The number of nitrogens with one attached hydrogen (secondary N) is 1. The van der Waals surface area contributed by atoms with E-state index in [0.29, 0.717) is 0 Å². The number of aromatic nitrogens is 2. The zero-order valence-corrected chi connectivity index (χ0v) is 9.89. The predicted octanol–water partition coefficient (Wildman–Crippen LogP) is -0.117. The first kappa shape index (κ1) is 11.8. The molecule has 92 valence electrons. The fraction of sp³-hybridized carbons (Fsp3) is 0.545. The van der Waals surface area contributed by atoms with E-state index >= 15 is 0 Å². The van der Waals surface area contributed by atoms with Crippen molar-refractivity contribution in [1.29, 1.82) is 0 Å². The fourth-order valence-electron chi connectivity index (χ4n) is 1.93. The minimum Gasteiger partial charge on any atom is -0.382 e. The molecule has 0 atom stereocenters. The fourth-order valence-corrected chi connectivity index (χ4v) is 1.93. The Bertz CT molecular complexity index is 401. The van der Waals surface area contributed by atoms with Crippen molar-refractivity contribution in [2.45, 2.75) is 18.9 Å². The van der Waals surface area contributed by atoms with Crippen molar-refractivity contribution in [2.24, 2.45) is 0 Å². The van der Waals surface area contributed by atoms with Gasteiger partial charge in [0.1, 0.15) is 0 Å². The van der Waals surface area contributed by atoms with Crippen LogP contribution < -0.4 is 11.1 Å². The number of nitrogen functional groups attached to an aromatic ring is 1. The molecule has 0 aromatic carbocycles. The van der Waals surface area contributed by atoms with Gasteiger partial charge in [0.05, 0.1) is 0 Å². The quantitative estimate of drug-likeness (QED) is 0.746. The Morgan fingerprint density at radius 2 is 2.06 bits per heavy atom. The number of likely N-dealkylation sites (tertiary alicyclic amines) is 1. The molecule has 0 aliphatic carbocycles. The van der Waals surface area contributed by atoms with Crippen LogP contribution in [-0.4, -0.2) is 47.0 Å². The van der Waals surface area contributed by atoms with Gasteiger partial charge in [-0.25, -0.2) is 9.97 Å². The van der Waals surface area contributed by atoms with Crippen LogP contribution in [-0.2, 0) is 0 Å². The minimum atomic E-state index is -0.231. The first-order valence-electron chi connectivity index (χ1n) is 5.72. The van der Waals surface area contributed by atoms with E-state index in [9.17, 15) is 4.79 Å². The summed E-state index contributed by atoms with van der Waals surface area (Å²) in [5.74, 6) is -0.0527. The van der Waals surface area contributed by atoms with Gasteiger partial charge in [0.2, 0.25) is 0 Å². The van der Waals surface area contributed by atoms with Crippen LogP contribution in [0.15, 0.2) is 12.4 Å². The summed E-state index contributed by atoms with van der Waals surface area (Å²) in [6, 6.07) is 0.208. The molecule has 2 heterocycles. The number of carbonyl (C=O) groups is 1. The van der Waals surface area contributed by atoms with Crippen LogP contribution in [0.1, 0.15) is 23.3 Å². The Hall–Kier alpha value is -1.69. The molecule has 17 heavy (non-hydrogen) atoms. The first-order valence-corrected chi connectivity index (χ1v) is 5.72. The Kier molecular flexibility index (Phi) is 3.53. The summed E-state index contributed by atoms with van der Waals surface area (Å²) in [6.45, 7) is 2.00. The number of nitrogens with two attached hydrogens (primary N) is 1. The summed E-state index contributed by atoms with van der Waals surface area (Å²) < 4.78 is 0. The highest BCUT2D eigenvalue weighted by Gasteiger charge is 2.20. The predicted molar refractivity (Wildman–Crippen MR) is 64.4 cm³/mol. The van der Waals surface area contributed by atoms with E-state index in [2.05, 4.69) is 27.2 Å². The van der Waals surface area contributed by atoms with E-state index in [0.717, 1.165) is 25.9 Å². The standard InChI is InChI=1S/C11H17N5O/c1-16-6-2-8(3-7-16)15-11(17)9-10(12)14-5-4-13-9/h4-5,8H,2-3,6-7H2,1H3,(H2,12,14)(H,15,17). The van der Waals surface area contributed by atoms with Gasteiger partial charge in [-0.15, -0.1) is 0 Å². The summed E-state index contributed by atoms with van der Waals surface area (Å²) >= 11 is 0. The van der Waals surface area contributed by atoms with E-state index in [1.165, 1.54) is 12.4 Å². The zero-order chi connectivity index (χ0) is 12.3. The molecular formula is C11H17N5O. The zero-order valence-electron chi connectivity index (χ0n) is 9.89. The Labute approximate surface area is 100 Å². The van der Waals surface area contributed by atoms with Gasteiger partial charge >= 0.3 is 0 Å². The molecule has 0 radical (unpaired) electrons. The third kappa shape index (κ3) is 2.91. The van der Waals surface area contributed by atoms with Crippen LogP contribution in [0.25, 0.3) is 0 Å². The lowest BCUT2D eigenvalue weighted by molar-refractivity contribution is 0.0912. The highest BCUT2D eigenvalue weighted by molar-refractivity contribution is 5.96. The molecule has 0 unspecified atom stereocenters. The van der Waals surface area contributed by atoms with E-state index in [1.54, 1.807) is 0 Å². The van der Waals surface area contributed by atoms with Crippen molar-refractivity contribution in [3.63, 3.8) is 0 Å². The molecule has 1 aromatic rings.